The molecule has 152 valence electrons. The van der Waals surface area contributed by atoms with Gasteiger partial charge in [-0.05, 0) is 44.4 Å². The van der Waals surface area contributed by atoms with Gasteiger partial charge in [-0.3, -0.25) is 14.5 Å². The molecule has 0 N–H and O–H groups in total. The van der Waals surface area contributed by atoms with Crippen LogP contribution in [0.5, 0.6) is 0 Å². The van der Waals surface area contributed by atoms with Crippen LogP contribution in [0.15, 0.2) is 54.6 Å². The molecule has 2 aromatic carbocycles. The number of carbonyl (C=O) groups excluding carboxylic acids is 3. The van der Waals surface area contributed by atoms with Gasteiger partial charge in [-0.1, -0.05) is 42.5 Å². The van der Waals surface area contributed by atoms with Crippen molar-refractivity contribution in [3.8, 4) is 0 Å². The first-order valence-electron chi connectivity index (χ1n) is 9.65. The van der Waals surface area contributed by atoms with Gasteiger partial charge in [-0.15, -0.1) is 0 Å². The van der Waals surface area contributed by atoms with Gasteiger partial charge < -0.3 is 9.47 Å². The monoisotopic (exact) mass is 395 g/mol. The van der Waals surface area contributed by atoms with Crippen molar-refractivity contribution in [2.75, 3.05) is 19.8 Å². The fourth-order valence-corrected chi connectivity index (χ4v) is 3.34. The van der Waals surface area contributed by atoms with Crippen molar-refractivity contribution in [3.05, 3.63) is 71.3 Å². The summed E-state index contributed by atoms with van der Waals surface area (Å²) >= 11 is 0. The number of hydrogen-bond donors (Lipinski definition) is 0. The average Bonchev–Trinajstić information content (AvgIpc) is 2.97. The van der Waals surface area contributed by atoms with E-state index in [-0.39, 0.29) is 25.0 Å². The van der Waals surface area contributed by atoms with Gasteiger partial charge in [0.2, 0.25) is 0 Å². The molecule has 0 spiro atoms. The maximum atomic E-state index is 12.6. The number of ether oxygens (including phenoxy) is 2. The van der Waals surface area contributed by atoms with Crippen molar-refractivity contribution in [2.24, 2.45) is 0 Å². The molecule has 2 aromatic rings. The number of fused-ring (bicyclic) bond motifs is 1. The van der Waals surface area contributed by atoms with Gasteiger partial charge in [0.1, 0.15) is 6.61 Å². The Morgan fingerprint density at radius 2 is 1.52 bits per heavy atom. The lowest BCUT2D eigenvalue weighted by molar-refractivity contribution is -0.149. The Labute approximate surface area is 170 Å². The minimum Gasteiger partial charge on any atom is -0.464 e. The number of nitrogens with zero attached hydrogens (tertiary/aromatic N) is 1. The van der Waals surface area contributed by atoms with Crippen LogP contribution in [0.4, 0.5) is 0 Å². The predicted octanol–water partition coefficient (Wildman–Crippen LogP) is 3.25. The Bertz CT molecular complexity index is 856. The normalized spacial score (nSPS) is 13.5. The summed E-state index contributed by atoms with van der Waals surface area (Å²) in [4.78, 5) is 38.3. The number of rotatable bonds is 9. The van der Waals surface area contributed by atoms with E-state index in [4.69, 9.17) is 9.47 Å². The van der Waals surface area contributed by atoms with E-state index in [1.165, 1.54) is 10.5 Å². The molecule has 0 saturated carbocycles. The molecule has 2 amide bonds. The molecule has 0 aliphatic carbocycles. The van der Waals surface area contributed by atoms with E-state index in [2.05, 4.69) is 0 Å². The molecule has 3 rings (SSSR count). The van der Waals surface area contributed by atoms with Gasteiger partial charge in [-0.2, -0.15) is 0 Å². The zero-order chi connectivity index (χ0) is 20.9. The number of benzene rings is 2. The van der Waals surface area contributed by atoms with Gasteiger partial charge in [0, 0.05) is 0 Å². The van der Waals surface area contributed by atoms with Gasteiger partial charge in [-0.25, -0.2) is 4.79 Å². The highest BCUT2D eigenvalue weighted by atomic mass is 16.6. The SMILES string of the molecule is CC(C)(COCC(=O)OCCCc1ccccc1)N1C(=O)c2ccccc2C1=O. The summed E-state index contributed by atoms with van der Waals surface area (Å²) in [5.41, 5.74) is 1.09. The Morgan fingerprint density at radius 1 is 0.931 bits per heavy atom. The lowest BCUT2D eigenvalue weighted by Crippen LogP contribution is -2.50. The largest absolute Gasteiger partial charge is 0.464 e. The molecule has 0 saturated heterocycles. The van der Waals surface area contributed by atoms with E-state index in [0.29, 0.717) is 17.7 Å². The summed E-state index contributed by atoms with van der Waals surface area (Å²) in [5.74, 6) is -1.15. The van der Waals surface area contributed by atoms with E-state index in [1.54, 1.807) is 38.1 Å². The van der Waals surface area contributed by atoms with Crippen LogP contribution in [0.25, 0.3) is 0 Å². The fraction of sp³-hybridized carbons (Fsp3) is 0.348. The van der Waals surface area contributed by atoms with Gasteiger partial charge in [0.05, 0.1) is 29.9 Å². The van der Waals surface area contributed by atoms with E-state index in [9.17, 15) is 14.4 Å². The first-order valence-corrected chi connectivity index (χ1v) is 9.65. The number of imide groups is 1. The quantitative estimate of drug-likeness (QED) is 0.370. The summed E-state index contributed by atoms with van der Waals surface area (Å²) in [6.07, 6.45) is 1.57. The van der Waals surface area contributed by atoms with Crippen molar-refractivity contribution in [1.29, 1.82) is 0 Å². The third kappa shape index (κ3) is 4.90. The summed E-state index contributed by atoms with van der Waals surface area (Å²) in [6.45, 7) is 3.61. The molecule has 0 fully saturated rings. The van der Waals surface area contributed by atoms with Crippen LogP contribution in [-0.2, 0) is 20.7 Å². The van der Waals surface area contributed by atoms with Crippen LogP contribution in [0.2, 0.25) is 0 Å². The molecule has 0 bridgehead atoms. The van der Waals surface area contributed by atoms with Crippen molar-refractivity contribution in [2.45, 2.75) is 32.2 Å². The zero-order valence-electron chi connectivity index (χ0n) is 16.7. The smallest absolute Gasteiger partial charge is 0.332 e. The van der Waals surface area contributed by atoms with Gasteiger partial charge in [0.25, 0.3) is 11.8 Å². The molecule has 29 heavy (non-hydrogen) atoms. The lowest BCUT2D eigenvalue weighted by Gasteiger charge is -2.33. The molecule has 0 atom stereocenters. The van der Waals surface area contributed by atoms with Crippen LogP contribution < -0.4 is 0 Å². The first kappa shape index (κ1) is 20.7. The predicted molar refractivity (Wildman–Crippen MR) is 108 cm³/mol. The Kier molecular flexibility index (Phi) is 6.44. The molecule has 6 nitrogen and oxygen atoms in total. The zero-order valence-corrected chi connectivity index (χ0v) is 16.7. The maximum Gasteiger partial charge on any atom is 0.332 e. The minimum absolute atomic E-state index is 0.0393. The van der Waals surface area contributed by atoms with Crippen molar-refractivity contribution in [3.63, 3.8) is 0 Å². The lowest BCUT2D eigenvalue weighted by atomic mass is 10.0. The number of esters is 1. The second kappa shape index (κ2) is 9.01. The number of aryl methyl sites for hydroxylation is 1. The highest BCUT2D eigenvalue weighted by Gasteiger charge is 2.44. The second-order valence-corrected chi connectivity index (χ2v) is 7.61. The van der Waals surface area contributed by atoms with Crippen LogP contribution in [0, 0.1) is 0 Å². The molecule has 6 heteroatoms. The molecule has 1 heterocycles. The molecule has 1 aliphatic rings. The molecule has 0 radical (unpaired) electrons. The van der Waals surface area contributed by atoms with Crippen molar-refractivity contribution >= 4 is 17.8 Å². The third-order valence-electron chi connectivity index (χ3n) is 4.79. The third-order valence-corrected chi connectivity index (χ3v) is 4.79. The Balaban J connectivity index is 1.42. The van der Waals surface area contributed by atoms with E-state index in [1.807, 2.05) is 30.3 Å². The number of amides is 2. The number of hydrogen-bond acceptors (Lipinski definition) is 5. The maximum absolute atomic E-state index is 12.6. The van der Waals surface area contributed by atoms with E-state index in [0.717, 1.165) is 12.8 Å². The average molecular weight is 395 g/mol. The van der Waals surface area contributed by atoms with Crippen molar-refractivity contribution < 1.29 is 23.9 Å². The number of carbonyl (C=O) groups is 3. The van der Waals surface area contributed by atoms with Crippen molar-refractivity contribution in [1.82, 2.24) is 4.90 Å². The first-order chi connectivity index (χ1) is 13.9. The van der Waals surface area contributed by atoms with E-state index < -0.39 is 11.5 Å². The standard InChI is InChI=1S/C23H25NO5/c1-23(2,24-21(26)18-12-6-7-13-19(18)22(24)27)16-28-15-20(25)29-14-8-11-17-9-4-3-5-10-17/h3-7,9-10,12-13H,8,11,14-16H2,1-2H3. The van der Waals surface area contributed by atoms with Crippen LogP contribution in [-0.4, -0.2) is 48.0 Å². The van der Waals surface area contributed by atoms with Gasteiger partial charge >= 0.3 is 5.97 Å². The van der Waals surface area contributed by atoms with Gasteiger partial charge in [0.15, 0.2) is 0 Å². The molecule has 0 aromatic heterocycles. The minimum atomic E-state index is -0.888. The highest BCUT2D eigenvalue weighted by Crippen LogP contribution is 2.29. The fourth-order valence-electron chi connectivity index (χ4n) is 3.34. The Morgan fingerprint density at radius 3 is 2.14 bits per heavy atom. The molecular formula is C23H25NO5. The highest BCUT2D eigenvalue weighted by molar-refractivity contribution is 6.21. The van der Waals surface area contributed by atoms with Crippen LogP contribution >= 0.6 is 0 Å². The summed E-state index contributed by atoms with van der Waals surface area (Å²) in [7, 11) is 0. The molecule has 0 unspecified atom stereocenters. The van der Waals surface area contributed by atoms with E-state index >= 15 is 0 Å². The van der Waals surface area contributed by atoms with Crippen LogP contribution in [0.1, 0.15) is 46.5 Å². The summed E-state index contributed by atoms with van der Waals surface area (Å²) in [6, 6.07) is 16.7. The Hall–Kier alpha value is -2.99. The molecular weight excluding hydrogens is 370 g/mol. The second-order valence-electron chi connectivity index (χ2n) is 7.61. The summed E-state index contributed by atoms with van der Waals surface area (Å²) in [5, 5.41) is 0. The van der Waals surface area contributed by atoms with Crippen LogP contribution in [0.3, 0.4) is 0 Å². The molecule has 1 aliphatic heterocycles. The summed E-state index contributed by atoms with van der Waals surface area (Å²) < 4.78 is 10.6. The topological polar surface area (TPSA) is 72.9 Å².